The third kappa shape index (κ3) is 4.06. The van der Waals surface area contributed by atoms with Crippen LogP contribution in [0.15, 0.2) is 48.7 Å². The summed E-state index contributed by atoms with van der Waals surface area (Å²) in [4.78, 5) is 34.2. The minimum absolute atomic E-state index is 0.0608. The van der Waals surface area contributed by atoms with E-state index in [2.05, 4.69) is 4.98 Å². The normalized spacial score (nSPS) is 18.9. The van der Waals surface area contributed by atoms with Crippen LogP contribution >= 0.6 is 0 Å². The van der Waals surface area contributed by atoms with Crippen molar-refractivity contribution in [3.05, 3.63) is 76.5 Å². The van der Waals surface area contributed by atoms with E-state index in [-0.39, 0.29) is 24.0 Å². The van der Waals surface area contributed by atoms with Gasteiger partial charge in [0.05, 0.1) is 19.3 Å². The van der Waals surface area contributed by atoms with Crippen LogP contribution in [-0.4, -0.2) is 34.9 Å². The molecule has 8 heteroatoms. The second-order valence-corrected chi connectivity index (χ2v) is 10.1. The topological polar surface area (TPSA) is 98.0 Å². The van der Waals surface area contributed by atoms with Gasteiger partial charge >= 0.3 is 0 Å². The molecule has 1 unspecified atom stereocenters. The molecule has 1 aliphatic carbocycles. The highest BCUT2D eigenvalue weighted by Gasteiger charge is 2.36. The van der Waals surface area contributed by atoms with E-state index in [1.54, 1.807) is 29.2 Å². The first-order valence-corrected chi connectivity index (χ1v) is 12.8. The molecule has 0 saturated heterocycles. The quantitative estimate of drug-likeness (QED) is 0.521. The highest BCUT2D eigenvalue weighted by molar-refractivity contribution is 6.11. The maximum atomic E-state index is 13.6. The first kappa shape index (κ1) is 23.3. The predicted octanol–water partition coefficient (Wildman–Crippen LogP) is 4.87. The van der Waals surface area contributed by atoms with Gasteiger partial charge in [0.2, 0.25) is 0 Å². The molecule has 1 atom stereocenters. The summed E-state index contributed by atoms with van der Waals surface area (Å²) in [5, 5.41) is 0. The molecule has 1 aromatic heterocycles. The third-order valence-electron chi connectivity index (χ3n) is 7.69. The molecule has 2 amide bonds. The number of fused-ring (bicyclic) bond motifs is 2. The highest BCUT2D eigenvalue weighted by atomic mass is 16.5. The number of anilines is 2. The van der Waals surface area contributed by atoms with Crippen molar-refractivity contribution in [3.63, 3.8) is 0 Å². The van der Waals surface area contributed by atoms with Crippen molar-refractivity contribution in [2.75, 3.05) is 17.7 Å². The Labute approximate surface area is 216 Å². The minimum Gasteiger partial charge on any atom is -0.493 e. The number of hydrogen-bond acceptors (Lipinski definition) is 6. The lowest BCUT2D eigenvalue weighted by Gasteiger charge is -2.24. The van der Waals surface area contributed by atoms with Gasteiger partial charge in [0.15, 0.2) is 11.5 Å². The summed E-state index contributed by atoms with van der Waals surface area (Å²) >= 11 is 0. The van der Waals surface area contributed by atoms with Gasteiger partial charge in [-0.3, -0.25) is 9.59 Å². The molecular weight excluding hydrogens is 468 g/mol. The number of rotatable bonds is 6. The monoisotopic (exact) mass is 498 g/mol. The zero-order valence-corrected chi connectivity index (χ0v) is 21.1. The number of nitrogen functional groups attached to an aromatic ring is 1. The SMILES string of the molecule is COc1ccc(N2C(=O)c3cc(CN4Cc5cnc(N)cc5C4=O)ccc3C2C)cc1OC1CCCC1. The molecule has 3 aromatic rings. The maximum absolute atomic E-state index is 13.6. The lowest BCUT2D eigenvalue weighted by Crippen LogP contribution is -2.26. The van der Waals surface area contributed by atoms with Gasteiger partial charge in [-0.2, -0.15) is 0 Å². The lowest BCUT2D eigenvalue weighted by molar-refractivity contribution is 0.0766. The number of aromatic nitrogens is 1. The first-order valence-electron chi connectivity index (χ1n) is 12.8. The fraction of sp³-hybridized carbons (Fsp3) is 0.345. The van der Waals surface area contributed by atoms with Gasteiger partial charge in [0.25, 0.3) is 11.8 Å². The number of nitrogens with zero attached hydrogens (tertiary/aromatic N) is 3. The molecule has 1 fully saturated rings. The van der Waals surface area contributed by atoms with Crippen LogP contribution in [-0.2, 0) is 13.1 Å². The maximum Gasteiger partial charge on any atom is 0.259 e. The third-order valence-corrected chi connectivity index (χ3v) is 7.69. The molecule has 1 saturated carbocycles. The van der Waals surface area contributed by atoms with Crippen molar-refractivity contribution in [3.8, 4) is 11.5 Å². The Morgan fingerprint density at radius 2 is 1.81 bits per heavy atom. The largest absolute Gasteiger partial charge is 0.493 e. The van der Waals surface area contributed by atoms with Gasteiger partial charge in [-0.25, -0.2) is 4.98 Å². The van der Waals surface area contributed by atoms with E-state index >= 15 is 0 Å². The van der Waals surface area contributed by atoms with Crippen LogP contribution in [0.1, 0.15) is 76.1 Å². The van der Waals surface area contributed by atoms with Crippen LogP contribution in [0.4, 0.5) is 11.5 Å². The molecule has 2 aliphatic heterocycles. The molecule has 37 heavy (non-hydrogen) atoms. The number of amides is 2. The molecule has 190 valence electrons. The smallest absolute Gasteiger partial charge is 0.259 e. The van der Waals surface area contributed by atoms with Crippen molar-refractivity contribution in [1.29, 1.82) is 0 Å². The van der Waals surface area contributed by atoms with Crippen LogP contribution in [0.3, 0.4) is 0 Å². The second-order valence-electron chi connectivity index (χ2n) is 10.1. The van der Waals surface area contributed by atoms with Crippen LogP contribution in [0.25, 0.3) is 0 Å². The van der Waals surface area contributed by atoms with E-state index < -0.39 is 0 Å². The Hall–Kier alpha value is -4.07. The minimum atomic E-state index is -0.129. The van der Waals surface area contributed by atoms with Crippen LogP contribution in [0.2, 0.25) is 0 Å². The molecular formula is C29H30N4O4. The van der Waals surface area contributed by atoms with Gasteiger partial charge in [0.1, 0.15) is 5.82 Å². The van der Waals surface area contributed by atoms with E-state index in [4.69, 9.17) is 15.2 Å². The van der Waals surface area contributed by atoms with Crippen LogP contribution < -0.4 is 20.1 Å². The number of ether oxygens (including phenoxy) is 2. The van der Waals surface area contributed by atoms with Crippen LogP contribution in [0.5, 0.6) is 11.5 Å². The Morgan fingerprint density at radius 3 is 2.59 bits per heavy atom. The zero-order chi connectivity index (χ0) is 25.7. The Balaban J connectivity index is 1.24. The van der Waals surface area contributed by atoms with Crippen molar-refractivity contribution in [2.24, 2.45) is 0 Å². The van der Waals surface area contributed by atoms with E-state index in [1.807, 2.05) is 43.3 Å². The van der Waals surface area contributed by atoms with E-state index in [0.29, 0.717) is 41.5 Å². The van der Waals surface area contributed by atoms with Crippen molar-refractivity contribution < 1.29 is 19.1 Å². The molecule has 3 heterocycles. The summed E-state index contributed by atoms with van der Waals surface area (Å²) in [6.07, 6.45) is 6.26. The summed E-state index contributed by atoms with van der Waals surface area (Å²) in [6, 6.07) is 13.1. The summed E-state index contributed by atoms with van der Waals surface area (Å²) in [5.41, 5.74) is 10.5. The Kier molecular flexibility index (Phi) is 5.74. The summed E-state index contributed by atoms with van der Waals surface area (Å²) < 4.78 is 11.8. The molecule has 0 spiro atoms. The number of benzene rings is 2. The van der Waals surface area contributed by atoms with E-state index in [0.717, 1.165) is 35.2 Å². The van der Waals surface area contributed by atoms with Gasteiger partial charge in [0, 0.05) is 47.7 Å². The number of carbonyl (C=O) groups excluding carboxylic acids is 2. The van der Waals surface area contributed by atoms with E-state index in [1.165, 1.54) is 12.8 Å². The summed E-state index contributed by atoms with van der Waals surface area (Å²) in [6.45, 7) is 2.91. The fourth-order valence-corrected chi connectivity index (χ4v) is 5.75. The first-order chi connectivity index (χ1) is 17.9. The van der Waals surface area contributed by atoms with Crippen molar-refractivity contribution in [2.45, 2.75) is 57.8 Å². The van der Waals surface area contributed by atoms with Gasteiger partial charge < -0.3 is 25.0 Å². The van der Waals surface area contributed by atoms with Gasteiger partial charge in [-0.15, -0.1) is 0 Å². The van der Waals surface area contributed by atoms with Crippen molar-refractivity contribution >= 4 is 23.3 Å². The number of nitrogens with two attached hydrogens (primary N) is 1. The highest BCUT2D eigenvalue weighted by Crippen LogP contribution is 2.42. The lowest BCUT2D eigenvalue weighted by atomic mass is 10.0. The number of pyridine rings is 1. The summed E-state index contributed by atoms with van der Waals surface area (Å²) in [5.74, 6) is 1.54. The predicted molar refractivity (Wildman–Crippen MR) is 140 cm³/mol. The number of methoxy groups -OCH3 is 1. The average molecular weight is 499 g/mol. The number of carbonyl (C=O) groups is 2. The van der Waals surface area contributed by atoms with Crippen molar-refractivity contribution in [1.82, 2.24) is 9.88 Å². The Bertz CT molecular complexity index is 1400. The molecule has 2 aromatic carbocycles. The zero-order valence-electron chi connectivity index (χ0n) is 21.1. The fourth-order valence-electron chi connectivity index (χ4n) is 5.75. The standard InChI is InChI=1S/C29H30N4O4/c1-17-22-9-7-18(15-32-16-19-14-31-27(30)13-23(19)28(32)34)11-24(22)29(35)33(17)20-8-10-25(36-2)26(12-20)37-21-5-3-4-6-21/h7-14,17,21H,3-6,15-16H2,1-2H3,(H2,30,31). The molecule has 0 bridgehead atoms. The molecule has 3 aliphatic rings. The molecule has 0 radical (unpaired) electrons. The van der Waals surface area contributed by atoms with Gasteiger partial charge in [-0.05, 0) is 68.0 Å². The second kappa shape index (κ2) is 9.10. The molecule has 6 rings (SSSR count). The van der Waals surface area contributed by atoms with E-state index in [9.17, 15) is 9.59 Å². The van der Waals surface area contributed by atoms with Gasteiger partial charge in [-0.1, -0.05) is 12.1 Å². The molecule has 8 nitrogen and oxygen atoms in total. The van der Waals surface area contributed by atoms with Crippen LogP contribution in [0, 0.1) is 0 Å². The summed E-state index contributed by atoms with van der Waals surface area (Å²) in [7, 11) is 1.63. The number of hydrogen-bond donors (Lipinski definition) is 1. The molecule has 2 N–H and O–H groups in total. The Morgan fingerprint density at radius 1 is 1.00 bits per heavy atom. The average Bonchev–Trinajstić information content (AvgIpc) is 3.58.